The molecule has 0 aliphatic carbocycles. The topological polar surface area (TPSA) is 76.7 Å². The number of hydrogen-bond donors (Lipinski definition) is 1. The summed E-state index contributed by atoms with van der Waals surface area (Å²) in [6, 6.07) is 1.76. The third-order valence-corrected chi connectivity index (χ3v) is 3.03. The number of rotatable bonds is 6. The third-order valence-electron chi connectivity index (χ3n) is 2.04. The van der Waals surface area contributed by atoms with E-state index in [1.54, 1.807) is 13.0 Å². The van der Waals surface area contributed by atoms with Gasteiger partial charge in [0.2, 0.25) is 5.76 Å². The molecule has 0 saturated heterocycles. The van der Waals surface area contributed by atoms with Gasteiger partial charge in [0.1, 0.15) is 5.76 Å². The molecule has 0 unspecified atom stereocenters. The molecule has 1 N–H and O–H groups in total. The number of carbonyl (C=O) groups excluding carboxylic acids is 1. The fraction of sp³-hybridized carbons (Fsp3) is 0.455. The Balaban J connectivity index is 2.50. The summed E-state index contributed by atoms with van der Waals surface area (Å²) in [6.07, 6.45) is 0.119. The van der Waals surface area contributed by atoms with Gasteiger partial charge in [-0.1, -0.05) is 0 Å². The number of thioether (sulfide) groups is 1. The largest absolute Gasteiger partial charge is 0.481 e. The van der Waals surface area contributed by atoms with E-state index in [0.29, 0.717) is 17.3 Å². The van der Waals surface area contributed by atoms with Crippen LogP contribution in [0.15, 0.2) is 10.5 Å². The van der Waals surface area contributed by atoms with Crippen LogP contribution in [0.3, 0.4) is 0 Å². The third kappa shape index (κ3) is 4.14. The van der Waals surface area contributed by atoms with E-state index in [-0.39, 0.29) is 12.2 Å². The lowest BCUT2D eigenvalue weighted by Gasteiger charge is -1.97. The quantitative estimate of drug-likeness (QED) is 0.622. The zero-order valence-electron chi connectivity index (χ0n) is 9.69. The van der Waals surface area contributed by atoms with Gasteiger partial charge in [0, 0.05) is 11.3 Å². The Bertz CT molecular complexity index is 410. The van der Waals surface area contributed by atoms with E-state index >= 15 is 0 Å². The highest BCUT2D eigenvalue weighted by Gasteiger charge is 2.15. The van der Waals surface area contributed by atoms with Crippen molar-refractivity contribution < 1.29 is 23.8 Å². The number of ether oxygens (including phenoxy) is 1. The number of aliphatic carboxylic acids is 1. The lowest BCUT2D eigenvalue weighted by molar-refractivity contribution is -0.136. The van der Waals surface area contributed by atoms with Gasteiger partial charge in [0.05, 0.1) is 19.3 Å². The first-order chi connectivity index (χ1) is 8.04. The van der Waals surface area contributed by atoms with E-state index in [2.05, 4.69) is 4.74 Å². The van der Waals surface area contributed by atoms with Crippen LogP contribution in [0.2, 0.25) is 0 Å². The maximum atomic E-state index is 11.3. The molecule has 6 heteroatoms. The van der Waals surface area contributed by atoms with Gasteiger partial charge in [-0.05, 0) is 13.0 Å². The van der Waals surface area contributed by atoms with E-state index in [1.165, 1.54) is 18.9 Å². The number of carboxylic acids is 1. The normalized spacial score (nSPS) is 10.2. The van der Waals surface area contributed by atoms with E-state index in [4.69, 9.17) is 9.52 Å². The van der Waals surface area contributed by atoms with Crippen molar-refractivity contribution in [3.63, 3.8) is 0 Å². The molecule has 94 valence electrons. The van der Waals surface area contributed by atoms with Crippen LogP contribution in [-0.2, 0) is 15.3 Å². The number of hydrogen-bond acceptors (Lipinski definition) is 5. The highest BCUT2D eigenvalue weighted by molar-refractivity contribution is 7.98. The van der Waals surface area contributed by atoms with Crippen LogP contribution in [0.4, 0.5) is 0 Å². The Hall–Kier alpha value is -1.43. The van der Waals surface area contributed by atoms with Crippen molar-refractivity contribution >= 4 is 23.7 Å². The molecule has 1 aromatic rings. The molecule has 0 spiro atoms. The average molecular weight is 258 g/mol. The number of methoxy groups -OCH3 is 1. The summed E-state index contributed by atoms with van der Waals surface area (Å²) in [4.78, 5) is 21.6. The maximum absolute atomic E-state index is 11.3. The Morgan fingerprint density at radius 2 is 2.24 bits per heavy atom. The Kier molecular flexibility index (Phi) is 5.09. The summed E-state index contributed by atoms with van der Waals surface area (Å²) in [5.41, 5.74) is 0.727. The molecule has 1 heterocycles. The molecule has 0 fully saturated rings. The smallest absolute Gasteiger partial charge is 0.374 e. The van der Waals surface area contributed by atoms with Crippen LogP contribution in [0, 0.1) is 6.92 Å². The summed E-state index contributed by atoms with van der Waals surface area (Å²) in [5.74, 6) is 0.612. The van der Waals surface area contributed by atoms with Crippen molar-refractivity contribution in [2.75, 3.05) is 12.9 Å². The molecule has 0 atom stereocenters. The zero-order chi connectivity index (χ0) is 12.8. The Morgan fingerprint density at radius 3 is 2.82 bits per heavy atom. The standard InChI is InChI=1S/C11H14O5S/c1-7-5-8(6-17-4-3-9(12)13)16-10(7)11(14)15-2/h5H,3-4,6H2,1-2H3,(H,12,13). The van der Waals surface area contributed by atoms with Crippen LogP contribution in [0.5, 0.6) is 0 Å². The SMILES string of the molecule is COC(=O)c1oc(CSCCC(=O)O)cc1C. The van der Waals surface area contributed by atoms with E-state index in [0.717, 1.165) is 5.56 Å². The van der Waals surface area contributed by atoms with Gasteiger partial charge in [-0.15, -0.1) is 0 Å². The molecule has 1 rings (SSSR count). The minimum Gasteiger partial charge on any atom is -0.481 e. The summed E-state index contributed by atoms with van der Waals surface area (Å²) in [7, 11) is 1.30. The van der Waals surface area contributed by atoms with Crippen molar-refractivity contribution in [3.8, 4) is 0 Å². The molecule has 1 aromatic heterocycles. The van der Waals surface area contributed by atoms with Crippen molar-refractivity contribution in [2.24, 2.45) is 0 Å². The number of carboxylic acid groups (broad SMARTS) is 1. The second-order valence-corrected chi connectivity index (χ2v) is 4.52. The highest BCUT2D eigenvalue weighted by atomic mass is 32.2. The molecule has 0 aromatic carbocycles. The number of furan rings is 1. The molecule has 0 bridgehead atoms. The maximum Gasteiger partial charge on any atom is 0.374 e. The van der Waals surface area contributed by atoms with Crippen molar-refractivity contribution in [1.82, 2.24) is 0 Å². The van der Waals surface area contributed by atoms with E-state index in [9.17, 15) is 9.59 Å². The molecule has 0 aliphatic heterocycles. The predicted octanol–water partition coefficient (Wildman–Crippen LogP) is 2.08. The van der Waals surface area contributed by atoms with Gasteiger partial charge in [-0.2, -0.15) is 11.8 Å². The van der Waals surface area contributed by atoms with Gasteiger partial charge in [-0.25, -0.2) is 4.79 Å². The summed E-state index contributed by atoms with van der Waals surface area (Å²) in [6.45, 7) is 1.77. The summed E-state index contributed by atoms with van der Waals surface area (Å²) in [5, 5.41) is 8.47. The van der Waals surface area contributed by atoms with Crippen molar-refractivity contribution in [2.45, 2.75) is 19.1 Å². The molecule has 0 saturated carbocycles. The summed E-state index contributed by atoms with van der Waals surface area (Å²) < 4.78 is 9.90. The zero-order valence-corrected chi connectivity index (χ0v) is 10.5. The molecule has 5 nitrogen and oxygen atoms in total. The minimum atomic E-state index is -0.816. The van der Waals surface area contributed by atoms with Crippen LogP contribution in [-0.4, -0.2) is 29.9 Å². The lowest BCUT2D eigenvalue weighted by Crippen LogP contribution is -2.00. The molecule has 17 heavy (non-hydrogen) atoms. The molecular formula is C11H14O5S. The number of aryl methyl sites for hydroxylation is 1. The Morgan fingerprint density at radius 1 is 1.53 bits per heavy atom. The second kappa shape index (κ2) is 6.34. The van der Waals surface area contributed by atoms with E-state index in [1.807, 2.05) is 0 Å². The van der Waals surface area contributed by atoms with Gasteiger partial charge < -0.3 is 14.3 Å². The van der Waals surface area contributed by atoms with E-state index < -0.39 is 11.9 Å². The van der Waals surface area contributed by atoms with Gasteiger partial charge >= 0.3 is 11.9 Å². The molecule has 0 amide bonds. The molecule has 0 radical (unpaired) electrons. The van der Waals surface area contributed by atoms with Crippen molar-refractivity contribution in [1.29, 1.82) is 0 Å². The first-order valence-corrected chi connectivity index (χ1v) is 6.17. The summed E-state index contributed by atoms with van der Waals surface area (Å²) >= 11 is 1.45. The first kappa shape index (κ1) is 13.6. The fourth-order valence-electron chi connectivity index (χ4n) is 1.25. The first-order valence-electron chi connectivity index (χ1n) is 5.01. The monoisotopic (exact) mass is 258 g/mol. The van der Waals surface area contributed by atoms with Crippen LogP contribution >= 0.6 is 11.8 Å². The highest BCUT2D eigenvalue weighted by Crippen LogP contribution is 2.20. The molecular weight excluding hydrogens is 244 g/mol. The Labute approximate surface area is 103 Å². The van der Waals surface area contributed by atoms with Crippen LogP contribution in [0.25, 0.3) is 0 Å². The average Bonchev–Trinajstić information content (AvgIpc) is 2.65. The minimum absolute atomic E-state index is 0.119. The predicted molar refractivity (Wildman–Crippen MR) is 63.2 cm³/mol. The second-order valence-electron chi connectivity index (χ2n) is 3.41. The van der Waals surface area contributed by atoms with Crippen LogP contribution in [0.1, 0.15) is 28.3 Å². The van der Waals surface area contributed by atoms with Gasteiger partial charge in [0.25, 0.3) is 0 Å². The molecule has 0 aliphatic rings. The fourth-order valence-corrected chi connectivity index (χ4v) is 2.05. The van der Waals surface area contributed by atoms with Crippen LogP contribution < -0.4 is 0 Å². The number of esters is 1. The van der Waals surface area contributed by atoms with Gasteiger partial charge in [-0.3, -0.25) is 4.79 Å². The number of carbonyl (C=O) groups is 2. The van der Waals surface area contributed by atoms with Crippen molar-refractivity contribution in [3.05, 3.63) is 23.2 Å². The lowest BCUT2D eigenvalue weighted by atomic mass is 10.3. The van der Waals surface area contributed by atoms with Gasteiger partial charge in [0.15, 0.2) is 0 Å².